The van der Waals surface area contributed by atoms with E-state index in [0.29, 0.717) is 12.8 Å². The van der Waals surface area contributed by atoms with Crippen molar-refractivity contribution in [2.45, 2.75) is 118 Å². The van der Waals surface area contributed by atoms with Gasteiger partial charge in [-0.2, -0.15) is 0 Å². The van der Waals surface area contributed by atoms with Crippen LogP contribution in [0.5, 0.6) is 0 Å². The molecule has 4 rings (SSSR count). The number of carboxylic acids is 1. The number of fused-ring (bicyclic) bond motifs is 1. The van der Waals surface area contributed by atoms with Crippen LogP contribution >= 0.6 is 0 Å². The number of hydrogen-bond acceptors (Lipinski definition) is 21. The van der Waals surface area contributed by atoms with E-state index in [-0.39, 0.29) is 49.3 Å². The number of carbonyl (C=O) groups is 3. The van der Waals surface area contributed by atoms with Crippen LogP contribution in [0.15, 0.2) is 12.7 Å². The van der Waals surface area contributed by atoms with Crippen molar-refractivity contribution in [3.8, 4) is 0 Å². The quantitative estimate of drug-likeness (QED) is 0.0394. The van der Waals surface area contributed by atoms with Crippen molar-refractivity contribution in [3.05, 3.63) is 12.7 Å². The van der Waals surface area contributed by atoms with E-state index in [0.717, 1.165) is 6.92 Å². The van der Waals surface area contributed by atoms with Crippen LogP contribution in [-0.2, 0) is 47.4 Å². The maximum Gasteiger partial charge on any atom is 1.00 e. The summed E-state index contributed by atoms with van der Waals surface area (Å²) in [6.07, 6.45) is -24.7. The average molecular weight is 795 g/mol. The van der Waals surface area contributed by atoms with Gasteiger partial charge in [0, 0.05) is 13.1 Å². The first-order valence-electron chi connectivity index (χ1n) is 16.7. The number of alkyl carbamates (subject to hydrolysis) is 2. The van der Waals surface area contributed by atoms with Gasteiger partial charge < -0.3 is 104 Å². The van der Waals surface area contributed by atoms with Crippen LogP contribution in [0.4, 0.5) is 9.59 Å². The Labute approximate surface area is 330 Å². The minimum atomic E-state index is -2.39. The summed E-state index contributed by atoms with van der Waals surface area (Å²) >= 11 is 0. The van der Waals surface area contributed by atoms with Crippen molar-refractivity contribution in [2.24, 2.45) is 0 Å². The summed E-state index contributed by atoms with van der Waals surface area (Å²) in [6, 6.07) is 0. The van der Waals surface area contributed by atoms with Crippen LogP contribution < -0.4 is 45.3 Å². The van der Waals surface area contributed by atoms with Crippen LogP contribution in [-0.4, -0.2) is 196 Å². The largest absolute Gasteiger partial charge is 1.00 e. The summed E-state index contributed by atoms with van der Waals surface area (Å²) < 4.78 is 48.8. The third-order valence-corrected chi connectivity index (χ3v) is 8.77. The number of aliphatic carboxylic acids is 1. The van der Waals surface area contributed by atoms with Gasteiger partial charge in [0.25, 0.3) is 0 Å². The van der Waals surface area contributed by atoms with Gasteiger partial charge in [-0.3, -0.25) is 0 Å². The fourth-order valence-electron chi connectivity index (χ4n) is 5.83. The number of unbranched alkanes of at least 4 members (excludes halogenated alkanes) is 1. The Morgan fingerprint density at radius 1 is 0.759 bits per heavy atom. The van der Waals surface area contributed by atoms with Crippen molar-refractivity contribution in [2.75, 3.05) is 39.5 Å². The van der Waals surface area contributed by atoms with Crippen molar-refractivity contribution in [1.29, 1.82) is 0 Å². The molecule has 2 amide bonds. The Hall–Kier alpha value is -1.85. The molecule has 6 unspecified atom stereocenters. The number of aliphatic hydroxyl groups excluding tert-OH is 8. The number of hydrogen-bond donors (Lipinski definition) is 10. The van der Waals surface area contributed by atoms with E-state index in [9.17, 15) is 60.3 Å². The first-order chi connectivity index (χ1) is 25.1. The van der Waals surface area contributed by atoms with Gasteiger partial charge >= 0.3 is 41.7 Å². The molecule has 0 saturated carbocycles. The molecule has 23 nitrogen and oxygen atoms in total. The number of rotatable bonds is 16. The molecule has 0 bridgehead atoms. The van der Waals surface area contributed by atoms with Crippen LogP contribution in [0, 0.1) is 0 Å². The van der Waals surface area contributed by atoms with E-state index in [1.165, 1.54) is 0 Å². The summed E-state index contributed by atoms with van der Waals surface area (Å²) in [6.45, 7) is 2.18. The zero-order valence-corrected chi connectivity index (χ0v) is 31.5. The van der Waals surface area contributed by atoms with E-state index in [2.05, 4.69) is 17.2 Å². The Bertz CT molecular complexity index is 1240. The van der Waals surface area contributed by atoms with E-state index in [1.54, 1.807) is 6.08 Å². The van der Waals surface area contributed by atoms with Gasteiger partial charge in [-0.1, -0.05) is 6.08 Å². The van der Waals surface area contributed by atoms with Crippen molar-refractivity contribution >= 4 is 18.2 Å². The minimum absolute atomic E-state index is 0. The zero-order chi connectivity index (χ0) is 39.0. The molecule has 10 N–H and O–H groups in total. The number of carbonyl (C=O) groups excluding carboxylic acids is 3. The Kier molecular flexibility index (Phi) is 18.2. The molecule has 4 aliphatic rings. The topological polar surface area (TPSA) is 343 Å². The van der Waals surface area contributed by atoms with E-state index >= 15 is 0 Å². The number of aliphatic hydroxyl groups is 8. The molecule has 4 heterocycles. The Balaban J connectivity index is 0.00000784. The number of allylic oxidation sites excluding steroid dienone is 1. The fourth-order valence-corrected chi connectivity index (χ4v) is 5.83. The van der Waals surface area contributed by atoms with Crippen LogP contribution in [0.3, 0.4) is 0 Å². The van der Waals surface area contributed by atoms with Crippen molar-refractivity contribution in [1.82, 2.24) is 10.6 Å². The summed E-state index contributed by atoms with van der Waals surface area (Å²) in [5, 5.41) is 99.8. The molecule has 304 valence electrons. The van der Waals surface area contributed by atoms with Gasteiger partial charge in [0.2, 0.25) is 5.79 Å². The molecule has 54 heavy (non-hydrogen) atoms. The van der Waals surface area contributed by atoms with Crippen molar-refractivity contribution < 1.29 is 133 Å². The van der Waals surface area contributed by atoms with Gasteiger partial charge in [0.15, 0.2) is 18.9 Å². The SMILES string of the molecule is C=CCCCOC(=O)NCCNC(=O)OC[C@H]1O[C@@H]2O[C@](C)(C(=O)[O-])OC2C(O)[C@@H]1O[C@@H]1OC(CO)[C@H](O[C@@H]2OC(CO)[C@H](O)[C@H](O)C2O)[C@H](O)C1O.[Na+]. The molecule has 0 radical (unpaired) electrons. The number of amides is 2. The number of carboxylic acid groups (broad SMARTS) is 1. The average Bonchev–Trinajstić information content (AvgIpc) is 3.49. The third-order valence-electron chi connectivity index (χ3n) is 8.77. The monoisotopic (exact) mass is 794 g/mol. The van der Waals surface area contributed by atoms with Crippen molar-refractivity contribution in [3.63, 3.8) is 0 Å². The maximum atomic E-state index is 12.5. The van der Waals surface area contributed by atoms with Gasteiger partial charge in [-0.05, 0) is 19.8 Å². The standard InChI is InChI=1S/C30H48N2O21.Na/c1-3-4-5-8-45-28(43)31-6-7-32-29(44)46-11-14-22(20(40)23-26(49-14)53-30(2,52-23)27(41)42)51-25-19(39)17(37)21(13(10-34)48-25)50-24-18(38)16(36)15(35)12(9-33)47-24;/h3,12-26,33-40H,1,4-11H2,2H3,(H,31,43)(H,32,44)(H,41,42);/q;+1/p-1/t12?,13?,14-,15+,16+,17-,18?,19?,20?,21+,22-,23?,24+,25+,26-,30-;/m1./s1. The zero-order valence-electron chi connectivity index (χ0n) is 29.5. The summed E-state index contributed by atoms with van der Waals surface area (Å²) in [5.41, 5.74) is 0. The first kappa shape index (κ1) is 46.5. The molecule has 24 heteroatoms. The second-order valence-electron chi connectivity index (χ2n) is 12.6. The predicted molar refractivity (Wildman–Crippen MR) is 163 cm³/mol. The van der Waals surface area contributed by atoms with Crippen LogP contribution in [0.1, 0.15) is 19.8 Å². The molecule has 0 aliphatic carbocycles. The molecule has 16 atom stereocenters. The van der Waals surface area contributed by atoms with Gasteiger partial charge in [0.1, 0.15) is 85.8 Å². The Morgan fingerprint density at radius 3 is 1.89 bits per heavy atom. The van der Waals surface area contributed by atoms with Gasteiger partial charge in [-0.25, -0.2) is 9.59 Å². The molecule has 4 aliphatic heterocycles. The fraction of sp³-hybridized carbons (Fsp3) is 0.833. The molecular formula is C30H47N2NaO21. The molecule has 0 spiro atoms. The second kappa shape index (κ2) is 21.1. The molecule has 0 aromatic heterocycles. The summed E-state index contributed by atoms with van der Waals surface area (Å²) in [7, 11) is 0. The summed E-state index contributed by atoms with van der Waals surface area (Å²) in [4.78, 5) is 35.9. The second-order valence-corrected chi connectivity index (χ2v) is 12.6. The normalized spacial score (nSPS) is 40.4. The molecular weight excluding hydrogens is 747 g/mol. The molecule has 0 aromatic rings. The third kappa shape index (κ3) is 11.2. The number of ether oxygens (including phenoxy) is 9. The minimum Gasteiger partial charge on any atom is -0.544 e. The maximum absolute atomic E-state index is 12.5. The predicted octanol–water partition coefficient (Wildman–Crippen LogP) is -9.61. The van der Waals surface area contributed by atoms with E-state index < -0.39 is 136 Å². The van der Waals surface area contributed by atoms with Gasteiger partial charge in [0.05, 0.1) is 19.8 Å². The number of nitrogens with one attached hydrogen (secondary N) is 2. The first-order valence-corrected chi connectivity index (χ1v) is 16.7. The van der Waals surface area contributed by atoms with Crippen LogP contribution in [0.25, 0.3) is 0 Å². The molecule has 0 aromatic carbocycles. The Morgan fingerprint density at radius 2 is 1.31 bits per heavy atom. The molecule has 4 saturated heterocycles. The smallest absolute Gasteiger partial charge is 0.544 e. The van der Waals surface area contributed by atoms with E-state index in [1.807, 2.05) is 0 Å². The summed E-state index contributed by atoms with van der Waals surface area (Å²) in [5.74, 6) is -4.20. The van der Waals surface area contributed by atoms with E-state index in [4.69, 9.17) is 42.6 Å². The molecule has 4 fully saturated rings. The van der Waals surface area contributed by atoms with Gasteiger partial charge in [-0.15, -0.1) is 6.58 Å². The van der Waals surface area contributed by atoms with Crippen LogP contribution in [0.2, 0.25) is 0 Å².